The van der Waals surface area contributed by atoms with Gasteiger partial charge in [-0.15, -0.1) is 10.2 Å². The number of halogens is 2. The summed E-state index contributed by atoms with van der Waals surface area (Å²) >= 11 is 12.3. The molecule has 0 fully saturated rings. The number of hydrogen-bond donors (Lipinski definition) is 1. The van der Waals surface area contributed by atoms with Crippen molar-refractivity contribution >= 4 is 66.2 Å². The highest BCUT2D eigenvalue weighted by atomic mass is 35.5. The van der Waals surface area contributed by atoms with Crippen LogP contribution >= 0.6 is 23.2 Å². The van der Waals surface area contributed by atoms with Gasteiger partial charge >= 0.3 is 0 Å². The number of aryl methyl sites for hydroxylation is 1. The zero-order chi connectivity index (χ0) is 30.1. The van der Waals surface area contributed by atoms with Crippen LogP contribution in [0.15, 0.2) is 80.7 Å². The molecule has 0 radical (unpaired) electrons. The minimum Gasteiger partial charge on any atom is -0.744 e. The van der Waals surface area contributed by atoms with Crippen molar-refractivity contribution < 1.29 is 26.1 Å². The topological polar surface area (TPSA) is 172 Å². The van der Waals surface area contributed by atoms with Crippen molar-refractivity contribution in [2.75, 3.05) is 23.7 Å². The van der Waals surface area contributed by atoms with Gasteiger partial charge in [0.2, 0.25) is 0 Å². The molecule has 0 saturated carbocycles. The summed E-state index contributed by atoms with van der Waals surface area (Å²) in [4.78, 5) is -0.692. The van der Waals surface area contributed by atoms with E-state index in [0.29, 0.717) is 16.5 Å². The van der Waals surface area contributed by atoms with E-state index >= 15 is 0 Å². The Labute approximate surface area is 246 Å². The molecule has 16 heteroatoms. The zero-order valence-corrected chi connectivity index (χ0v) is 25.0. The average Bonchev–Trinajstić information content (AvgIpc) is 3.19. The Morgan fingerprint density at radius 2 is 1.78 bits per heavy atom. The highest BCUT2D eigenvalue weighted by Gasteiger charge is 2.27. The molecule has 12 nitrogen and oxygen atoms in total. The van der Waals surface area contributed by atoms with Crippen LogP contribution < -0.4 is 14.8 Å². The predicted octanol–water partition coefficient (Wildman–Crippen LogP) is 5.61. The molecule has 0 amide bonds. The summed E-state index contributed by atoms with van der Waals surface area (Å²) in [6, 6.07) is 14.0. The molecule has 1 heterocycles. The number of nitrogens with two attached hydrogens (primary N) is 1. The Morgan fingerprint density at radius 3 is 2.41 bits per heavy atom. The fraction of sp³-hybridized carbons (Fsp3) is 0.160. The van der Waals surface area contributed by atoms with Crippen LogP contribution in [-0.4, -0.2) is 44.8 Å². The molecule has 0 saturated heterocycles. The van der Waals surface area contributed by atoms with Crippen LogP contribution in [0.5, 0.6) is 5.75 Å². The Bertz CT molecular complexity index is 1880. The second-order valence-electron chi connectivity index (χ2n) is 8.48. The molecule has 41 heavy (non-hydrogen) atoms. The van der Waals surface area contributed by atoms with E-state index < -0.39 is 25.0 Å². The molecule has 0 bridgehead atoms. The smallest absolute Gasteiger partial charge is 0.266 e. The highest BCUT2D eigenvalue weighted by Crippen LogP contribution is 2.37. The van der Waals surface area contributed by atoms with E-state index in [9.17, 15) is 21.4 Å². The standard InChI is InChI=1S/C25H24Cl2N6O6S2/c1-4-32(17-7-5-6-16(26)12-17)40(34,35)23-11-8-18(39-3)13-21(23)29-30-24-15(2)31-33(25(24)28)22-14-19(41(36,37)38)9-10-20(22)27/h5-14H,4,28H2,1-3H3,(H,36,37,38)/p-1. The monoisotopic (exact) mass is 637 g/mol. The third kappa shape index (κ3) is 6.16. The van der Waals surface area contributed by atoms with Gasteiger partial charge in [0.1, 0.15) is 26.5 Å². The number of nitrogens with zero attached hydrogens (tertiary/aromatic N) is 5. The minimum absolute atomic E-state index is 0.0235. The number of sulfonamides is 1. The van der Waals surface area contributed by atoms with Gasteiger partial charge in [-0.25, -0.2) is 21.5 Å². The second-order valence-corrected chi connectivity index (χ2v) is 12.5. The molecule has 0 aliphatic heterocycles. The van der Waals surface area contributed by atoms with Gasteiger partial charge in [-0.1, -0.05) is 29.3 Å². The van der Waals surface area contributed by atoms with E-state index in [4.69, 9.17) is 33.7 Å². The van der Waals surface area contributed by atoms with Crippen LogP contribution in [0.3, 0.4) is 0 Å². The normalized spacial score (nSPS) is 12.1. The van der Waals surface area contributed by atoms with E-state index in [0.717, 1.165) is 16.8 Å². The Balaban J connectivity index is 1.81. The van der Waals surface area contributed by atoms with Crippen LogP contribution in [-0.2, 0) is 20.1 Å². The van der Waals surface area contributed by atoms with Gasteiger partial charge in [-0.05, 0) is 62.4 Å². The molecule has 4 rings (SSSR count). The first-order valence-electron chi connectivity index (χ1n) is 11.8. The Kier molecular flexibility index (Phi) is 8.61. The third-order valence-electron chi connectivity index (χ3n) is 5.87. The van der Waals surface area contributed by atoms with Crippen molar-refractivity contribution in [3.05, 3.63) is 76.4 Å². The van der Waals surface area contributed by atoms with Gasteiger partial charge < -0.3 is 15.0 Å². The number of ether oxygens (including phenoxy) is 1. The van der Waals surface area contributed by atoms with Crippen LogP contribution in [0.25, 0.3) is 5.69 Å². The van der Waals surface area contributed by atoms with Crippen molar-refractivity contribution in [3.8, 4) is 11.4 Å². The average molecular weight is 639 g/mol. The fourth-order valence-corrected chi connectivity index (χ4v) is 6.37. The molecule has 4 aromatic rings. The van der Waals surface area contributed by atoms with Crippen molar-refractivity contribution in [3.63, 3.8) is 0 Å². The van der Waals surface area contributed by atoms with Crippen LogP contribution in [0.2, 0.25) is 10.0 Å². The number of hydrogen-bond acceptors (Lipinski definition) is 10. The van der Waals surface area contributed by atoms with Gasteiger partial charge in [-0.3, -0.25) is 4.31 Å². The van der Waals surface area contributed by atoms with Gasteiger partial charge in [0, 0.05) is 17.6 Å². The van der Waals surface area contributed by atoms with Crippen LogP contribution in [0.1, 0.15) is 12.6 Å². The zero-order valence-electron chi connectivity index (χ0n) is 21.8. The van der Waals surface area contributed by atoms with Crippen LogP contribution in [0, 0.1) is 6.92 Å². The molecule has 216 valence electrons. The lowest BCUT2D eigenvalue weighted by Gasteiger charge is -2.23. The summed E-state index contributed by atoms with van der Waals surface area (Å²) in [6.07, 6.45) is 0. The van der Waals surface area contributed by atoms with Gasteiger partial charge in [0.15, 0.2) is 11.5 Å². The number of methoxy groups -OCH3 is 1. The van der Waals surface area contributed by atoms with E-state index in [-0.39, 0.29) is 45.0 Å². The highest BCUT2D eigenvalue weighted by molar-refractivity contribution is 7.93. The molecule has 0 spiro atoms. The van der Waals surface area contributed by atoms with Crippen LogP contribution in [0.4, 0.5) is 22.9 Å². The summed E-state index contributed by atoms with van der Waals surface area (Å²) in [5.41, 5.74) is 6.92. The van der Waals surface area contributed by atoms with E-state index in [1.165, 1.54) is 41.7 Å². The van der Waals surface area contributed by atoms with Gasteiger partial charge in [0.05, 0.1) is 34.1 Å². The predicted molar refractivity (Wildman–Crippen MR) is 155 cm³/mol. The Morgan fingerprint density at radius 1 is 1.05 bits per heavy atom. The maximum absolute atomic E-state index is 13.8. The summed E-state index contributed by atoms with van der Waals surface area (Å²) in [6.45, 7) is 3.34. The first kappa shape index (κ1) is 30.3. The maximum Gasteiger partial charge on any atom is 0.266 e. The summed E-state index contributed by atoms with van der Waals surface area (Å²) in [5, 5.41) is 13.1. The molecule has 3 aromatic carbocycles. The van der Waals surface area contributed by atoms with E-state index in [1.54, 1.807) is 32.0 Å². The number of azo groups is 1. The third-order valence-corrected chi connectivity index (χ3v) is 9.21. The van der Waals surface area contributed by atoms with Crippen molar-refractivity contribution in [2.45, 2.75) is 23.6 Å². The molecule has 2 N–H and O–H groups in total. The fourth-order valence-electron chi connectivity index (χ4n) is 3.92. The molecule has 0 atom stereocenters. The summed E-state index contributed by atoms with van der Waals surface area (Å²) < 4.78 is 69.7. The van der Waals surface area contributed by atoms with Crippen molar-refractivity contribution in [1.29, 1.82) is 0 Å². The summed E-state index contributed by atoms with van der Waals surface area (Å²) in [5.74, 6) is 0.238. The maximum atomic E-state index is 13.8. The Hall–Kier alpha value is -3.69. The molecular weight excluding hydrogens is 615 g/mol. The second kappa shape index (κ2) is 11.7. The number of nitrogen functional groups attached to an aromatic ring is 1. The quantitative estimate of drug-likeness (QED) is 0.182. The molecule has 0 aliphatic carbocycles. The van der Waals surface area contributed by atoms with Crippen molar-refractivity contribution in [2.24, 2.45) is 10.2 Å². The first-order valence-corrected chi connectivity index (χ1v) is 15.4. The van der Waals surface area contributed by atoms with Crippen molar-refractivity contribution in [1.82, 2.24) is 9.78 Å². The number of aromatic nitrogens is 2. The lowest BCUT2D eigenvalue weighted by Crippen LogP contribution is -2.30. The first-order chi connectivity index (χ1) is 19.3. The van der Waals surface area contributed by atoms with E-state index in [1.807, 2.05) is 0 Å². The number of benzene rings is 3. The summed E-state index contributed by atoms with van der Waals surface area (Å²) in [7, 11) is -7.52. The number of rotatable bonds is 9. The molecule has 1 aromatic heterocycles. The number of anilines is 2. The van der Waals surface area contributed by atoms with E-state index in [2.05, 4.69) is 15.3 Å². The largest absolute Gasteiger partial charge is 0.744 e. The lowest BCUT2D eigenvalue weighted by atomic mass is 10.3. The lowest BCUT2D eigenvalue weighted by molar-refractivity contribution is 0.414. The molecule has 0 unspecified atom stereocenters. The SMILES string of the molecule is CCN(c1cccc(Cl)c1)S(=O)(=O)c1ccc(OC)cc1N=Nc1c(C)nn(-c2cc(S(=O)(=O)[O-])ccc2Cl)c1N. The van der Waals surface area contributed by atoms with Gasteiger partial charge in [0.25, 0.3) is 10.0 Å². The molecular formula is C25H23Cl2N6O6S2-. The minimum atomic E-state index is -4.78. The van der Waals surface area contributed by atoms with Gasteiger partial charge in [-0.2, -0.15) is 5.10 Å². The molecule has 0 aliphatic rings.